The molecule has 1 aromatic heterocycles. The molecule has 2 N–H and O–H groups in total. The van der Waals surface area contributed by atoms with E-state index in [-0.39, 0.29) is 18.2 Å². The molecular weight excluding hydrogens is 270 g/mol. The molecule has 2 aromatic rings. The second kappa shape index (κ2) is 5.35. The molecular formula is C14H15N5O2. The Labute approximate surface area is 121 Å². The number of carbonyl (C=O) groups is 2. The Kier molecular flexibility index (Phi) is 3.39. The van der Waals surface area contributed by atoms with Gasteiger partial charge in [0, 0.05) is 12.1 Å². The van der Waals surface area contributed by atoms with E-state index in [1.165, 1.54) is 4.68 Å². The van der Waals surface area contributed by atoms with Crippen LogP contribution in [0.4, 0.5) is 11.6 Å². The predicted molar refractivity (Wildman–Crippen MR) is 76.8 cm³/mol. The molecule has 7 heteroatoms. The lowest BCUT2D eigenvalue weighted by atomic mass is 10.2. The molecule has 0 spiro atoms. The molecule has 1 atom stereocenters. The number of hydrogen-bond acceptors (Lipinski definition) is 4. The van der Waals surface area contributed by atoms with E-state index in [1.54, 1.807) is 12.1 Å². The van der Waals surface area contributed by atoms with E-state index in [4.69, 9.17) is 0 Å². The Morgan fingerprint density at radius 1 is 1.38 bits per heavy atom. The van der Waals surface area contributed by atoms with Gasteiger partial charge in [-0.2, -0.15) is 10.1 Å². The van der Waals surface area contributed by atoms with Crippen LogP contribution in [0.25, 0.3) is 0 Å². The molecule has 21 heavy (non-hydrogen) atoms. The van der Waals surface area contributed by atoms with Crippen molar-refractivity contribution >= 4 is 23.5 Å². The van der Waals surface area contributed by atoms with Crippen molar-refractivity contribution in [2.45, 2.75) is 25.8 Å². The van der Waals surface area contributed by atoms with Gasteiger partial charge in [0.1, 0.15) is 6.04 Å². The monoisotopic (exact) mass is 285 g/mol. The molecule has 7 nitrogen and oxygen atoms in total. The van der Waals surface area contributed by atoms with E-state index < -0.39 is 6.04 Å². The molecule has 0 fully saturated rings. The highest BCUT2D eigenvalue weighted by molar-refractivity contribution is 6.00. The maximum atomic E-state index is 12.0. The number of hydrogen-bond donors (Lipinski definition) is 2. The van der Waals surface area contributed by atoms with Gasteiger partial charge >= 0.3 is 0 Å². The number of fused-ring (bicyclic) bond motifs is 1. The molecule has 2 amide bonds. The van der Waals surface area contributed by atoms with Crippen molar-refractivity contribution in [3.05, 3.63) is 36.2 Å². The fourth-order valence-corrected chi connectivity index (χ4v) is 2.21. The van der Waals surface area contributed by atoms with Crippen LogP contribution < -0.4 is 10.6 Å². The molecule has 0 aliphatic carbocycles. The highest BCUT2D eigenvalue weighted by Gasteiger charge is 2.34. The number of rotatable bonds is 4. The second-order valence-electron chi connectivity index (χ2n) is 4.77. The number of para-hydroxylation sites is 1. The summed E-state index contributed by atoms with van der Waals surface area (Å²) in [5.74, 6) is 0.575. The zero-order valence-electron chi connectivity index (χ0n) is 11.5. The zero-order valence-corrected chi connectivity index (χ0v) is 11.5. The van der Waals surface area contributed by atoms with Crippen LogP contribution in [-0.2, 0) is 16.0 Å². The Bertz CT molecular complexity index is 680. The maximum absolute atomic E-state index is 12.0. The van der Waals surface area contributed by atoms with Gasteiger partial charge in [0.2, 0.25) is 11.9 Å². The number of benzene rings is 1. The van der Waals surface area contributed by atoms with Crippen LogP contribution in [-0.4, -0.2) is 26.6 Å². The molecule has 2 heterocycles. The number of carbonyl (C=O) groups excluding carboxylic acids is 2. The Morgan fingerprint density at radius 2 is 2.14 bits per heavy atom. The molecule has 1 aromatic carbocycles. The van der Waals surface area contributed by atoms with Crippen LogP contribution in [0, 0.1) is 0 Å². The molecule has 1 aliphatic rings. The molecule has 0 saturated carbocycles. The summed E-state index contributed by atoms with van der Waals surface area (Å²) >= 11 is 0. The van der Waals surface area contributed by atoms with Crippen LogP contribution in [0.15, 0.2) is 30.3 Å². The van der Waals surface area contributed by atoms with Crippen molar-refractivity contribution in [1.29, 1.82) is 0 Å². The van der Waals surface area contributed by atoms with E-state index in [0.717, 1.165) is 0 Å². The maximum Gasteiger partial charge on any atom is 0.252 e. The lowest BCUT2D eigenvalue weighted by Gasteiger charge is -2.09. The minimum absolute atomic E-state index is 0.0280. The van der Waals surface area contributed by atoms with Gasteiger partial charge in [0.15, 0.2) is 5.82 Å². The zero-order chi connectivity index (χ0) is 14.8. The summed E-state index contributed by atoms with van der Waals surface area (Å²) in [6.07, 6.45) is 0.707. The lowest BCUT2D eigenvalue weighted by Crippen LogP contribution is -2.23. The Balaban J connectivity index is 1.71. The van der Waals surface area contributed by atoms with Gasteiger partial charge in [-0.05, 0) is 12.1 Å². The number of nitrogens with one attached hydrogen (secondary N) is 2. The summed E-state index contributed by atoms with van der Waals surface area (Å²) in [6, 6.07) is 8.48. The summed E-state index contributed by atoms with van der Waals surface area (Å²) < 4.78 is 1.49. The fourth-order valence-electron chi connectivity index (χ4n) is 2.21. The van der Waals surface area contributed by atoms with Crippen LogP contribution in [0.3, 0.4) is 0 Å². The Morgan fingerprint density at radius 3 is 2.86 bits per heavy atom. The van der Waals surface area contributed by atoms with Gasteiger partial charge in [0.05, 0.1) is 6.42 Å². The summed E-state index contributed by atoms with van der Waals surface area (Å²) in [5.41, 5.74) is 0.703. The van der Waals surface area contributed by atoms with E-state index in [9.17, 15) is 9.59 Å². The van der Waals surface area contributed by atoms with Gasteiger partial charge in [-0.1, -0.05) is 25.1 Å². The fraction of sp³-hybridized carbons (Fsp3) is 0.286. The average molecular weight is 285 g/mol. The second-order valence-corrected chi connectivity index (χ2v) is 4.77. The van der Waals surface area contributed by atoms with E-state index in [1.807, 2.05) is 25.1 Å². The molecule has 1 aliphatic heterocycles. The average Bonchev–Trinajstić information content (AvgIpc) is 2.99. The number of amides is 2. The highest BCUT2D eigenvalue weighted by atomic mass is 16.2. The van der Waals surface area contributed by atoms with E-state index in [0.29, 0.717) is 23.9 Å². The van der Waals surface area contributed by atoms with Gasteiger partial charge in [-0.3, -0.25) is 14.9 Å². The first-order valence-electron chi connectivity index (χ1n) is 6.78. The highest BCUT2D eigenvalue weighted by Crippen LogP contribution is 2.25. The van der Waals surface area contributed by atoms with Crippen molar-refractivity contribution in [2.75, 3.05) is 10.6 Å². The quantitative estimate of drug-likeness (QED) is 0.887. The standard InChI is InChI=1S/C14H15N5O2/c1-2-11-16-14-17-13(21)10(19(14)18-11)8-12(20)15-9-6-4-3-5-7-9/h3-7,10H,2,8H2,1H3,(H,15,20)(H,16,17,18,21). The van der Waals surface area contributed by atoms with Crippen molar-refractivity contribution in [1.82, 2.24) is 14.8 Å². The van der Waals surface area contributed by atoms with Gasteiger partial charge in [-0.25, -0.2) is 4.68 Å². The van der Waals surface area contributed by atoms with Crippen molar-refractivity contribution in [2.24, 2.45) is 0 Å². The summed E-state index contributed by atoms with van der Waals surface area (Å²) in [5, 5.41) is 9.65. The Hall–Kier alpha value is -2.70. The molecule has 3 rings (SSSR count). The van der Waals surface area contributed by atoms with Crippen LogP contribution >= 0.6 is 0 Å². The molecule has 0 saturated heterocycles. The minimum Gasteiger partial charge on any atom is -0.326 e. The van der Waals surface area contributed by atoms with Gasteiger partial charge < -0.3 is 5.32 Å². The van der Waals surface area contributed by atoms with E-state index >= 15 is 0 Å². The van der Waals surface area contributed by atoms with Crippen molar-refractivity contribution < 1.29 is 9.59 Å². The smallest absolute Gasteiger partial charge is 0.252 e. The molecule has 0 radical (unpaired) electrons. The number of anilines is 2. The van der Waals surface area contributed by atoms with E-state index in [2.05, 4.69) is 20.7 Å². The third kappa shape index (κ3) is 2.62. The first-order chi connectivity index (χ1) is 10.2. The molecule has 1 unspecified atom stereocenters. The van der Waals surface area contributed by atoms with Gasteiger partial charge in [0.25, 0.3) is 5.91 Å². The van der Waals surface area contributed by atoms with Crippen LogP contribution in [0.1, 0.15) is 25.2 Å². The largest absolute Gasteiger partial charge is 0.326 e. The molecule has 0 bridgehead atoms. The van der Waals surface area contributed by atoms with Crippen molar-refractivity contribution in [3.63, 3.8) is 0 Å². The first-order valence-corrected chi connectivity index (χ1v) is 6.78. The third-order valence-corrected chi connectivity index (χ3v) is 3.26. The SMILES string of the molecule is CCc1nc2n(n1)C(CC(=O)Nc1ccccc1)C(=O)N2. The normalized spacial score (nSPS) is 16.4. The van der Waals surface area contributed by atoms with Crippen molar-refractivity contribution in [3.8, 4) is 0 Å². The topological polar surface area (TPSA) is 88.9 Å². The summed E-state index contributed by atoms with van der Waals surface area (Å²) in [4.78, 5) is 28.1. The predicted octanol–water partition coefficient (Wildman–Crippen LogP) is 1.36. The number of nitrogens with zero attached hydrogens (tertiary/aromatic N) is 3. The van der Waals surface area contributed by atoms with Gasteiger partial charge in [-0.15, -0.1) is 0 Å². The summed E-state index contributed by atoms with van der Waals surface area (Å²) in [7, 11) is 0. The molecule has 108 valence electrons. The third-order valence-electron chi connectivity index (χ3n) is 3.26. The lowest BCUT2D eigenvalue weighted by molar-refractivity contribution is -0.123. The van der Waals surface area contributed by atoms with Crippen LogP contribution in [0.2, 0.25) is 0 Å². The minimum atomic E-state index is -0.642. The summed E-state index contributed by atoms with van der Waals surface area (Å²) in [6.45, 7) is 1.93. The number of aryl methyl sites for hydroxylation is 1. The number of aromatic nitrogens is 3. The van der Waals surface area contributed by atoms with Crippen LogP contribution in [0.5, 0.6) is 0 Å². The first kappa shape index (κ1) is 13.3.